The number of rotatable bonds is 7. The lowest BCUT2D eigenvalue weighted by molar-refractivity contribution is -0.385. The van der Waals surface area contributed by atoms with E-state index in [0.717, 1.165) is 0 Å². The molecule has 9 nitrogen and oxygen atoms in total. The van der Waals surface area contributed by atoms with E-state index in [9.17, 15) is 19.7 Å². The molecule has 0 saturated heterocycles. The van der Waals surface area contributed by atoms with E-state index in [1.807, 2.05) is 0 Å². The molecule has 1 aromatic carbocycles. The molecule has 1 aromatic heterocycles. The molecule has 1 N–H and O–H groups in total. The summed E-state index contributed by atoms with van der Waals surface area (Å²) in [4.78, 5) is 38.7. The summed E-state index contributed by atoms with van der Waals surface area (Å²) in [5.74, 6) is -1.06. The molecule has 1 atom stereocenters. The van der Waals surface area contributed by atoms with E-state index < -0.39 is 22.8 Å². The monoisotopic (exact) mass is 359 g/mol. The zero-order valence-electron chi connectivity index (χ0n) is 14.2. The number of aromatic nitrogens is 1. The first-order valence-corrected chi connectivity index (χ1v) is 7.56. The molecule has 0 saturated carbocycles. The number of esters is 1. The van der Waals surface area contributed by atoms with E-state index in [4.69, 9.17) is 9.47 Å². The van der Waals surface area contributed by atoms with Crippen molar-refractivity contribution in [3.05, 3.63) is 64.0 Å². The topological polar surface area (TPSA) is 121 Å². The highest BCUT2D eigenvalue weighted by Gasteiger charge is 2.24. The number of carbonyl (C=O) groups is 2. The summed E-state index contributed by atoms with van der Waals surface area (Å²) in [5, 5.41) is 13.7. The lowest BCUT2D eigenvalue weighted by atomic mass is 10.0. The number of methoxy groups -OCH3 is 2. The van der Waals surface area contributed by atoms with Crippen LogP contribution < -0.4 is 10.1 Å². The van der Waals surface area contributed by atoms with E-state index in [0.29, 0.717) is 5.56 Å². The Balaban J connectivity index is 2.23. The van der Waals surface area contributed by atoms with Gasteiger partial charge in [0.1, 0.15) is 6.04 Å². The van der Waals surface area contributed by atoms with Gasteiger partial charge in [0, 0.05) is 24.9 Å². The summed E-state index contributed by atoms with van der Waals surface area (Å²) in [5.41, 5.74) is 0.522. The van der Waals surface area contributed by atoms with Crippen molar-refractivity contribution in [1.29, 1.82) is 0 Å². The zero-order valence-corrected chi connectivity index (χ0v) is 14.2. The number of nitrogens with zero attached hydrogens (tertiary/aromatic N) is 2. The van der Waals surface area contributed by atoms with Gasteiger partial charge in [-0.25, -0.2) is 4.79 Å². The molecular weight excluding hydrogens is 342 g/mol. The van der Waals surface area contributed by atoms with Crippen molar-refractivity contribution < 1.29 is 24.0 Å². The zero-order chi connectivity index (χ0) is 19.1. The number of nitro benzene ring substituents is 1. The molecule has 2 aromatic rings. The molecule has 0 fully saturated rings. The van der Waals surface area contributed by atoms with Crippen molar-refractivity contribution in [2.24, 2.45) is 0 Å². The number of pyridine rings is 1. The van der Waals surface area contributed by atoms with Crippen LogP contribution in [0.5, 0.6) is 5.75 Å². The number of nitro groups is 1. The van der Waals surface area contributed by atoms with Gasteiger partial charge >= 0.3 is 11.7 Å². The third-order valence-electron chi connectivity index (χ3n) is 3.59. The number of hydrogen-bond acceptors (Lipinski definition) is 7. The van der Waals surface area contributed by atoms with Crippen LogP contribution in [0.3, 0.4) is 0 Å². The number of ether oxygens (including phenoxy) is 2. The maximum absolute atomic E-state index is 12.3. The summed E-state index contributed by atoms with van der Waals surface area (Å²) in [7, 11) is 2.52. The van der Waals surface area contributed by atoms with Crippen LogP contribution in [0.25, 0.3) is 0 Å². The maximum Gasteiger partial charge on any atom is 0.328 e. The fourth-order valence-corrected chi connectivity index (χ4v) is 2.32. The van der Waals surface area contributed by atoms with Gasteiger partial charge in [-0.1, -0.05) is 6.07 Å². The van der Waals surface area contributed by atoms with E-state index in [2.05, 4.69) is 10.3 Å². The molecule has 26 heavy (non-hydrogen) atoms. The van der Waals surface area contributed by atoms with Gasteiger partial charge in [0.25, 0.3) is 5.91 Å². The Bertz CT molecular complexity index is 809. The molecule has 0 bridgehead atoms. The minimum Gasteiger partial charge on any atom is -0.490 e. The van der Waals surface area contributed by atoms with Gasteiger partial charge in [-0.15, -0.1) is 0 Å². The first-order valence-electron chi connectivity index (χ1n) is 7.56. The molecule has 0 radical (unpaired) electrons. The maximum atomic E-state index is 12.3. The van der Waals surface area contributed by atoms with Crippen LogP contribution in [0.1, 0.15) is 15.9 Å². The molecule has 2 rings (SSSR count). The summed E-state index contributed by atoms with van der Waals surface area (Å²) in [6, 6.07) is 6.44. The Morgan fingerprint density at radius 2 is 2.08 bits per heavy atom. The summed E-state index contributed by atoms with van der Waals surface area (Å²) in [6.07, 6.45) is 2.90. The molecule has 0 unspecified atom stereocenters. The smallest absolute Gasteiger partial charge is 0.328 e. The molecular formula is C17H17N3O6. The number of amides is 1. The van der Waals surface area contributed by atoms with Crippen LogP contribution in [0.2, 0.25) is 0 Å². The molecule has 136 valence electrons. The van der Waals surface area contributed by atoms with Crippen LogP contribution >= 0.6 is 0 Å². The first-order chi connectivity index (χ1) is 12.5. The van der Waals surface area contributed by atoms with E-state index >= 15 is 0 Å². The third kappa shape index (κ3) is 4.53. The summed E-state index contributed by atoms with van der Waals surface area (Å²) in [6.45, 7) is 0. The second-order valence-electron chi connectivity index (χ2n) is 5.26. The molecule has 0 aliphatic heterocycles. The van der Waals surface area contributed by atoms with E-state index in [-0.39, 0.29) is 23.4 Å². The van der Waals surface area contributed by atoms with Crippen LogP contribution in [0.4, 0.5) is 5.69 Å². The Morgan fingerprint density at radius 1 is 1.31 bits per heavy atom. The SMILES string of the molecule is COC(=O)[C@H](Cc1ccc(OC)c([N+](=O)[O-])c1)NC(=O)c1cccnc1. The minimum atomic E-state index is -1.01. The van der Waals surface area contributed by atoms with E-state index in [1.54, 1.807) is 18.2 Å². The van der Waals surface area contributed by atoms with Crippen LogP contribution in [0.15, 0.2) is 42.7 Å². The predicted octanol–water partition coefficient (Wildman–Crippen LogP) is 1.51. The van der Waals surface area contributed by atoms with Crippen molar-refractivity contribution >= 4 is 17.6 Å². The van der Waals surface area contributed by atoms with Gasteiger partial charge in [0.2, 0.25) is 0 Å². The van der Waals surface area contributed by atoms with Crippen LogP contribution in [0, 0.1) is 10.1 Å². The second-order valence-corrected chi connectivity index (χ2v) is 5.26. The highest BCUT2D eigenvalue weighted by atomic mass is 16.6. The first kappa shape index (κ1) is 18.8. The average molecular weight is 359 g/mol. The third-order valence-corrected chi connectivity index (χ3v) is 3.59. The molecule has 0 aliphatic carbocycles. The molecule has 0 aliphatic rings. The second kappa shape index (κ2) is 8.56. The molecule has 0 spiro atoms. The van der Waals surface area contributed by atoms with Crippen molar-refractivity contribution in [1.82, 2.24) is 10.3 Å². The quantitative estimate of drug-likeness (QED) is 0.452. The number of benzene rings is 1. The number of hydrogen-bond donors (Lipinski definition) is 1. The fraction of sp³-hybridized carbons (Fsp3) is 0.235. The Kier molecular flexibility index (Phi) is 6.20. The number of carbonyl (C=O) groups excluding carboxylic acids is 2. The molecule has 1 heterocycles. The van der Waals surface area contributed by atoms with Gasteiger partial charge in [-0.2, -0.15) is 0 Å². The van der Waals surface area contributed by atoms with Crippen molar-refractivity contribution in [3.8, 4) is 5.75 Å². The minimum absolute atomic E-state index is 0.0174. The van der Waals surface area contributed by atoms with Gasteiger partial charge in [0.05, 0.1) is 24.7 Å². The normalized spacial score (nSPS) is 11.3. The molecule has 1 amide bonds. The average Bonchev–Trinajstić information content (AvgIpc) is 2.67. The Labute approximate surface area is 149 Å². The van der Waals surface area contributed by atoms with Gasteiger partial charge in [0.15, 0.2) is 5.75 Å². The molecule has 9 heteroatoms. The van der Waals surface area contributed by atoms with Gasteiger partial charge in [-0.3, -0.25) is 19.9 Å². The van der Waals surface area contributed by atoms with Crippen molar-refractivity contribution in [2.45, 2.75) is 12.5 Å². The highest BCUT2D eigenvalue weighted by molar-refractivity contribution is 5.96. The summed E-state index contributed by atoms with van der Waals surface area (Å²) >= 11 is 0. The van der Waals surface area contributed by atoms with Crippen LogP contribution in [-0.2, 0) is 16.0 Å². The van der Waals surface area contributed by atoms with Crippen LogP contribution in [-0.4, -0.2) is 42.0 Å². The van der Waals surface area contributed by atoms with Gasteiger partial charge < -0.3 is 14.8 Å². The Morgan fingerprint density at radius 3 is 2.65 bits per heavy atom. The lowest BCUT2D eigenvalue weighted by Crippen LogP contribution is -2.43. The Hall–Kier alpha value is -3.49. The van der Waals surface area contributed by atoms with Crippen molar-refractivity contribution in [2.75, 3.05) is 14.2 Å². The van der Waals surface area contributed by atoms with Crippen molar-refractivity contribution in [3.63, 3.8) is 0 Å². The largest absolute Gasteiger partial charge is 0.490 e. The van der Waals surface area contributed by atoms with Gasteiger partial charge in [-0.05, 0) is 23.8 Å². The number of nitrogens with one attached hydrogen (secondary N) is 1. The summed E-state index contributed by atoms with van der Waals surface area (Å²) < 4.78 is 9.66. The highest BCUT2D eigenvalue weighted by Crippen LogP contribution is 2.28. The van der Waals surface area contributed by atoms with E-state index in [1.165, 1.54) is 38.7 Å². The lowest BCUT2D eigenvalue weighted by Gasteiger charge is -2.17. The standard InChI is InChI=1S/C17H17N3O6/c1-25-15-6-5-11(9-14(15)20(23)24)8-13(17(22)26-2)19-16(21)12-4-3-7-18-10-12/h3-7,9-10,13H,8H2,1-2H3,(H,19,21)/t13-/m0/s1. The fourth-order valence-electron chi connectivity index (χ4n) is 2.32. The predicted molar refractivity (Wildman–Crippen MR) is 90.9 cm³/mol.